The smallest absolute Gasteiger partial charge is 0.138 e. The van der Waals surface area contributed by atoms with E-state index in [1.807, 2.05) is 30.3 Å². The number of aliphatic hydroxyl groups excluding tert-OH is 1. The fraction of sp³-hybridized carbons (Fsp3) is 0.0588. The molecule has 3 nitrogen and oxygen atoms in total. The summed E-state index contributed by atoms with van der Waals surface area (Å²) >= 11 is 2.49. The van der Waals surface area contributed by atoms with Gasteiger partial charge in [-0.1, -0.05) is 24.3 Å². The minimum atomic E-state index is -0.344. The van der Waals surface area contributed by atoms with E-state index in [0.29, 0.717) is 9.90 Å². The minimum Gasteiger partial charge on any atom is -0.510 e. The maximum Gasteiger partial charge on any atom is 0.138 e. The molecule has 0 saturated heterocycles. The molecule has 0 bridgehead atoms. The Morgan fingerprint density at radius 3 is 2.70 bits per heavy atom. The van der Waals surface area contributed by atoms with Crippen LogP contribution in [0.15, 0.2) is 59.2 Å². The Morgan fingerprint density at radius 1 is 1.22 bits per heavy atom. The van der Waals surface area contributed by atoms with Crippen LogP contribution in [0.5, 0.6) is 0 Å². The third kappa shape index (κ3) is 3.36. The van der Waals surface area contributed by atoms with Crippen molar-refractivity contribution in [3.63, 3.8) is 0 Å². The van der Waals surface area contributed by atoms with E-state index in [4.69, 9.17) is 0 Å². The molecule has 0 fully saturated rings. The molecule has 0 aliphatic rings. The zero-order valence-corrected chi connectivity index (χ0v) is 13.5. The van der Waals surface area contributed by atoms with E-state index >= 15 is 0 Å². The molecule has 1 N–H and O–H groups in total. The van der Waals surface area contributed by atoms with Crippen LogP contribution in [0, 0.1) is 17.1 Å². The highest BCUT2D eigenvalue weighted by Gasteiger charge is 2.14. The number of benzene rings is 2. The molecule has 1 aromatic heterocycles. The topological polar surface area (TPSA) is 56.9 Å². The molecule has 1 heterocycles. The summed E-state index contributed by atoms with van der Waals surface area (Å²) in [6.45, 7) is 0. The van der Waals surface area contributed by atoms with Gasteiger partial charge in [0.05, 0.1) is 16.0 Å². The first-order chi connectivity index (χ1) is 11.2. The predicted molar refractivity (Wildman–Crippen MR) is 91.9 cm³/mol. The van der Waals surface area contributed by atoms with Crippen molar-refractivity contribution in [3.05, 3.63) is 65.1 Å². The number of aromatic nitrogens is 1. The largest absolute Gasteiger partial charge is 0.510 e. The van der Waals surface area contributed by atoms with E-state index in [0.717, 1.165) is 22.0 Å². The number of para-hydroxylation sites is 1. The number of nitriles is 1. The van der Waals surface area contributed by atoms with E-state index in [1.54, 1.807) is 18.2 Å². The number of fused-ring (bicyclic) bond motifs is 1. The van der Waals surface area contributed by atoms with Crippen molar-refractivity contribution in [2.24, 2.45) is 0 Å². The fourth-order valence-corrected chi connectivity index (χ4v) is 3.79. The number of thiazole rings is 1. The van der Waals surface area contributed by atoms with Crippen LogP contribution in [-0.4, -0.2) is 15.8 Å². The second-order valence-electron chi connectivity index (χ2n) is 4.64. The number of rotatable bonds is 4. The summed E-state index contributed by atoms with van der Waals surface area (Å²) in [6.07, 6.45) is 0. The van der Waals surface area contributed by atoms with Crippen molar-refractivity contribution in [2.45, 2.75) is 4.90 Å². The number of hydrogen-bond acceptors (Lipinski definition) is 5. The van der Waals surface area contributed by atoms with Gasteiger partial charge in [0.15, 0.2) is 0 Å². The molecule has 0 aliphatic heterocycles. The molecule has 3 aromatic rings. The molecular weight excluding hydrogens is 331 g/mol. The molecule has 3 rings (SSSR count). The van der Waals surface area contributed by atoms with Gasteiger partial charge in [0.1, 0.15) is 28.2 Å². The van der Waals surface area contributed by atoms with Crippen LogP contribution in [0.25, 0.3) is 15.8 Å². The van der Waals surface area contributed by atoms with Crippen molar-refractivity contribution in [2.75, 3.05) is 5.75 Å². The summed E-state index contributed by atoms with van der Waals surface area (Å²) in [5, 5.41) is 20.0. The number of thioether (sulfide) groups is 1. The molecule has 0 saturated carbocycles. The van der Waals surface area contributed by atoms with Gasteiger partial charge in [0.2, 0.25) is 0 Å². The van der Waals surface area contributed by atoms with Gasteiger partial charge >= 0.3 is 0 Å². The van der Waals surface area contributed by atoms with Gasteiger partial charge in [-0.2, -0.15) is 5.26 Å². The summed E-state index contributed by atoms with van der Waals surface area (Å²) in [4.78, 5) is 4.80. The van der Waals surface area contributed by atoms with E-state index < -0.39 is 0 Å². The molecule has 0 radical (unpaired) electrons. The first kappa shape index (κ1) is 15.5. The van der Waals surface area contributed by atoms with Crippen LogP contribution < -0.4 is 0 Å². The molecule has 0 aliphatic carbocycles. The van der Waals surface area contributed by atoms with Crippen LogP contribution in [0.2, 0.25) is 0 Å². The highest BCUT2D eigenvalue weighted by molar-refractivity contribution is 7.99. The van der Waals surface area contributed by atoms with Crippen LogP contribution in [0.1, 0.15) is 5.01 Å². The summed E-state index contributed by atoms with van der Waals surface area (Å²) in [5.74, 6) is -0.330. The van der Waals surface area contributed by atoms with Gasteiger partial charge in [-0.15, -0.1) is 23.1 Å². The van der Waals surface area contributed by atoms with Crippen LogP contribution in [0.4, 0.5) is 4.39 Å². The number of allylic oxidation sites excluding steroid dienone is 1. The van der Waals surface area contributed by atoms with Gasteiger partial charge < -0.3 is 5.11 Å². The molecule has 114 valence electrons. The van der Waals surface area contributed by atoms with E-state index in [-0.39, 0.29) is 22.9 Å². The van der Waals surface area contributed by atoms with Crippen molar-refractivity contribution in [1.29, 1.82) is 5.26 Å². The average Bonchev–Trinajstić information content (AvgIpc) is 2.98. The zero-order chi connectivity index (χ0) is 16.2. The Morgan fingerprint density at radius 2 is 1.96 bits per heavy atom. The molecule has 0 unspecified atom stereocenters. The first-order valence-electron chi connectivity index (χ1n) is 6.74. The maximum atomic E-state index is 13.6. The lowest BCUT2D eigenvalue weighted by molar-refractivity contribution is 0.421. The second kappa shape index (κ2) is 6.82. The van der Waals surface area contributed by atoms with Crippen LogP contribution in [-0.2, 0) is 0 Å². The van der Waals surface area contributed by atoms with Crippen LogP contribution in [0.3, 0.4) is 0 Å². The van der Waals surface area contributed by atoms with Crippen molar-refractivity contribution in [1.82, 2.24) is 4.98 Å². The fourth-order valence-electron chi connectivity index (χ4n) is 1.99. The van der Waals surface area contributed by atoms with Gasteiger partial charge in [-0.05, 0) is 24.3 Å². The lowest BCUT2D eigenvalue weighted by Crippen LogP contribution is -1.93. The van der Waals surface area contributed by atoms with E-state index in [2.05, 4.69) is 4.98 Å². The lowest BCUT2D eigenvalue weighted by atomic mass is 10.2. The SMILES string of the molecule is N#C/C(=C(/O)CSc1ccccc1F)c1nc2ccccc2s1. The molecular formula is C17H11FN2OS2. The molecule has 0 amide bonds. The normalized spacial score (nSPS) is 12.0. The van der Waals surface area contributed by atoms with Crippen molar-refractivity contribution >= 4 is 38.9 Å². The molecule has 23 heavy (non-hydrogen) atoms. The third-order valence-corrected chi connectivity index (χ3v) is 5.22. The third-order valence-electron chi connectivity index (χ3n) is 3.11. The first-order valence-corrected chi connectivity index (χ1v) is 8.54. The average molecular weight is 342 g/mol. The number of hydrogen-bond donors (Lipinski definition) is 1. The number of halogens is 1. The summed E-state index contributed by atoms with van der Waals surface area (Å²) < 4.78 is 14.5. The predicted octanol–water partition coefficient (Wildman–Crippen LogP) is 5.02. The van der Waals surface area contributed by atoms with Crippen molar-refractivity contribution < 1.29 is 9.50 Å². The van der Waals surface area contributed by atoms with E-state index in [9.17, 15) is 14.8 Å². The highest BCUT2D eigenvalue weighted by Crippen LogP contribution is 2.30. The Bertz CT molecular complexity index is 894. The van der Waals surface area contributed by atoms with Gasteiger partial charge in [0, 0.05) is 4.90 Å². The summed E-state index contributed by atoms with van der Waals surface area (Å²) in [6, 6.07) is 15.9. The Kier molecular flexibility index (Phi) is 4.60. The molecule has 2 aromatic carbocycles. The standard InChI is InChI=1S/C17H11FN2OS2/c18-12-5-1-3-7-15(12)22-10-14(21)11(9-19)17-20-13-6-2-4-8-16(13)23-17/h1-8,21H,10H2/b14-11-. The second-order valence-corrected chi connectivity index (χ2v) is 6.69. The quantitative estimate of drug-likeness (QED) is 0.411. The summed E-state index contributed by atoms with van der Waals surface area (Å²) in [5.41, 5.74) is 0.921. The highest BCUT2D eigenvalue weighted by atomic mass is 32.2. The van der Waals surface area contributed by atoms with E-state index in [1.165, 1.54) is 17.4 Å². The van der Waals surface area contributed by atoms with Gasteiger partial charge in [0.25, 0.3) is 0 Å². The molecule has 0 spiro atoms. The Labute approximate surface area is 140 Å². The Balaban J connectivity index is 1.87. The number of aliphatic hydroxyl groups is 1. The van der Waals surface area contributed by atoms with Gasteiger partial charge in [-0.25, -0.2) is 9.37 Å². The van der Waals surface area contributed by atoms with Crippen LogP contribution >= 0.6 is 23.1 Å². The van der Waals surface area contributed by atoms with Gasteiger partial charge in [-0.3, -0.25) is 0 Å². The maximum absolute atomic E-state index is 13.6. The monoisotopic (exact) mass is 342 g/mol. The molecule has 6 heteroatoms. The number of nitrogens with zero attached hydrogens (tertiary/aromatic N) is 2. The molecule has 0 atom stereocenters. The summed E-state index contributed by atoms with van der Waals surface area (Å²) in [7, 11) is 0. The lowest BCUT2D eigenvalue weighted by Gasteiger charge is -2.03. The zero-order valence-electron chi connectivity index (χ0n) is 11.9. The Hall–Kier alpha value is -2.36. The minimum absolute atomic E-state index is 0.0974. The van der Waals surface area contributed by atoms with Crippen molar-refractivity contribution in [3.8, 4) is 6.07 Å².